The number of carbonyl (C=O) groups is 2. The van der Waals surface area contributed by atoms with E-state index < -0.39 is 6.04 Å². The largest absolute Gasteiger partial charge is 0.493 e. The highest BCUT2D eigenvalue weighted by molar-refractivity contribution is 5.97. The second-order valence-electron chi connectivity index (χ2n) is 6.47. The van der Waals surface area contributed by atoms with Crippen LogP contribution in [0.5, 0.6) is 11.5 Å². The third-order valence-corrected chi connectivity index (χ3v) is 4.19. The van der Waals surface area contributed by atoms with Crippen molar-refractivity contribution in [3.8, 4) is 11.5 Å². The van der Waals surface area contributed by atoms with Gasteiger partial charge in [0.05, 0.1) is 14.2 Å². The lowest BCUT2D eigenvalue weighted by Gasteiger charge is -2.22. The number of rotatable bonds is 8. The summed E-state index contributed by atoms with van der Waals surface area (Å²) in [6, 6.07) is 13.7. The molecule has 2 N–H and O–H groups in total. The SMILES string of the molecule is COc1ccc(CNC(=O)[C@H](NC(=O)c2ccccc2)C(C)C)cc1OC. The van der Waals surface area contributed by atoms with E-state index in [-0.39, 0.29) is 17.7 Å². The molecule has 27 heavy (non-hydrogen) atoms. The van der Waals surface area contributed by atoms with Gasteiger partial charge in [-0.05, 0) is 35.7 Å². The molecule has 0 aliphatic rings. The van der Waals surface area contributed by atoms with Gasteiger partial charge in [0, 0.05) is 12.1 Å². The third-order valence-electron chi connectivity index (χ3n) is 4.19. The van der Waals surface area contributed by atoms with E-state index in [2.05, 4.69) is 10.6 Å². The molecule has 2 aromatic carbocycles. The van der Waals surface area contributed by atoms with Crippen molar-refractivity contribution in [1.82, 2.24) is 10.6 Å². The number of hydrogen-bond donors (Lipinski definition) is 2. The van der Waals surface area contributed by atoms with Crippen molar-refractivity contribution in [3.63, 3.8) is 0 Å². The zero-order valence-corrected chi connectivity index (χ0v) is 16.1. The van der Waals surface area contributed by atoms with Crippen molar-refractivity contribution in [2.75, 3.05) is 14.2 Å². The normalized spacial score (nSPS) is 11.6. The summed E-state index contributed by atoms with van der Waals surface area (Å²) < 4.78 is 10.5. The number of hydrogen-bond acceptors (Lipinski definition) is 4. The van der Waals surface area contributed by atoms with Gasteiger partial charge in [-0.1, -0.05) is 38.1 Å². The zero-order valence-electron chi connectivity index (χ0n) is 16.1. The summed E-state index contributed by atoms with van der Waals surface area (Å²) in [5.41, 5.74) is 1.40. The van der Waals surface area contributed by atoms with Crippen molar-refractivity contribution in [2.24, 2.45) is 5.92 Å². The Morgan fingerprint density at radius 1 is 0.963 bits per heavy atom. The van der Waals surface area contributed by atoms with E-state index in [1.807, 2.05) is 32.0 Å². The van der Waals surface area contributed by atoms with Crippen molar-refractivity contribution in [3.05, 3.63) is 59.7 Å². The minimum absolute atomic E-state index is 0.0527. The molecule has 2 amide bonds. The van der Waals surface area contributed by atoms with Gasteiger partial charge in [-0.2, -0.15) is 0 Å². The first-order chi connectivity index (χ1) is 13.0. The van der Waals surface area contributed by atoms with Crippen LogP contribution in [0.3, 0.4) is 0 Å². The molecule has 0 saturated carbocycles. The van der Waals surface area contributed by atoms with E-state index in [4.69, 9.17) is 9.47 Å². The molecule has 144 valence electrons. The van der Waals surface area contributed by atoms with Crippen LogP contribution in [0.25, 0.3) is 0 Å². The highest BCUT2D eigenvalue weighted by atomic mass is 16.5. The molecular weight excluding hydrogens is 344 g/mol. The van der Waals surface area contributed by atoms with Crippen molar-refractivity contribution >= 4 is 11.8 Å². The van der Waals surface area contributed by atoms with E-state index in [1.54, 1.807) is 44.6 Å². The van der Waals surface area contributed by atoms with Crippen molar-refractivity contribution in [2.45, 2.75) is 26.4 Å². The Balaban J connectivity index is 2.02. The summed E-state index contributed by atoms with van der Waals surface area (Å²) in [7, 11) is 3.13. The molecule has 0 saturated heterocycles. The fraction of sp³-hybridized carbons (Fsp3) is 0.333. The van der Waals surface area contributed by atoms with Crippen LogP contribution < -0.4 is 20.1 Å². The Kier molecular flexibility index (Phi) is 7.23. The summed E-state index contributed by atoms with van der Waals surface area (Å²) in [6.07, 6.45) is 0. The molecule has 2 rings (SSSR count). The molecule has 0 fully saturated rings. The molecule has 0 aromatic heterocycles. The Bertz CT molecular complexity index is 775. The van der Waals surface area contributed by atoms with Crippen LogP contribution >= 0.6 is 0 Å². The predicted molar refractivity (Wildman–Crippen MR) is 104 cm³/mol. The topological polar surface area (TPSA) is 76.7 Å². The molecule has 0 unspecified atom stereocenters. The summed E-state index contributed by atoms with van der Waals surface area (Å²) in [5.74, 6) is 0.674. The first-order valence-electron chi connectivity index (χ1n) is 8.80. The Hall–Kier alpha value is -3.02. The first kappa shape index (κ1) is 20.3. The first-order valence-corrected chi connectivity index (χ1v) is 8.80. The average Bonchev–Trinajstić information content (AvgIpc) is 2.70. The molecule has 0 bridgehead atoms. The van der Waals surface area contributed by atoms with E-state index in [9.17, 15) is 9.59 Å². The Morgan fingerprint density at radius 3 is 2.22 bits per heavy atom. The monoisotopic (exact) mass is 370 g/mol. The lowest BCUT2D eigenvalue weighted by molar-refractivity contribution is -0.124. The quantitative estimate of drug-likeness (QED) is 0.749. The predicted octanol–water partition coefficient (Wildman–Crippen LogP) is 2.77. The molecular formula is C21H26N2O4. The standard InChI is InChI=1S/C21H26N2O4/c1-14(2)19(23-20(24)16-8-6-5-7-9-16)21(25)22-13-15-10-11-17(26-3)18(12-15)27-4/h5-12,14,19H,13H2,1-4H3,(H,22,25)(H,23,24)/t19-/m1/s1. The third kappa shape index (κ3) is 5.48. The van der Waals surface area contributed by atoms with Crippen LogP contribution in [-0.2, 0) is 11.3 Å². The van der Waals surface area contributed by atoms with Gasteiger partial charge < -0.3 is 20.1 Å². The lowest BCUT2D eigenvalue weighted by Crippen LogP contribution is -2.49. The molecule has 0 heterocycles. The number of amides is 2. The molecule has 6 nitrogen and oxygen atoms in total. The van der Waals surface area contributed by atoms with Crippen molar-refractivity contribution in [1.29, 1.82) is 0 Å². The van der Waals surface area contributed by atoms with Crippen LogP contribution in [0.15, 0.2) is 48.5 Å². The number of ether oxygens (including phenoxy) is 2. The van der Waals surface area contributed by atoms with Gasteiger partial charge in [-0.15, -0.1) is 0 Å². The van der Waals surface area contributed by atoms with Crippen molar-refractivity contribution < 1.29 is 19.1 Å². The second kappa shape index (κ2) is 9.62. The summed E-state index contributed by atoms with van der Waals surface area (Å²) in [5, 5.41) is 5.69. The molecule has 6 heteroatoms. The summed E-state index contributed by atoms with van der Waals surface area (Å²) >= 11 is 0. The Labute approximate surface area is 159 Å². The van der Waals surface area contributed by atoms with Crippen LogP contribution in [-0.4, -0.2) is 32.1 Å². The van der Waals surface area contributed by atoms with Crippen LogP contribution in [0, 0.1) is 5.92 Å². The maximum atomic E-state index is 12.6. The number of benzene rings is 2. The molecule has 1 atom stereocenters. The Morgan fingerprint density at radius 2 is 1.63 bits per heavy atom. The maximum absolute atomic E-state index is 12.6. The van der Waals surface area contributed by atoms with Crippen LogP contribution in [0.2, 0.25) is 0 Å². The van der Waals surface area contributed by atoms with Gasteiger partial charge >= 0.3 is 0 Å². The smallest absolute Gasteiger partial charge is 0.251 e. The molecule has 0 spiro atoms. The number of methoxy groups -OCH3 is 2. The van der Waals surface area contributed by atoms with E-state index in [1.165, 1.54) is 0 Å². The summed E-state index contributed by atoms with van der Waals surface area (Å²) in [4.78, 5) is 25.0. The molecule has 0 aliphatic heterocycles. The minimum Gasteiger partial charge on any atom is -0.493 e. The maximum Gasteiger partial charge on any atom is 0.251 e. The fourth-order valence-corrected chi connectivity index (χ4v) is 2.64. The van der Waals surface area contributed by atoms with Gasteiger partial charge in [0.2, 0.25) is 5.91 Å². The lowest BCUT2D eigenvalue weighted by atomic mass is 10.0. The number of carbonyl (C=O) groups excluding carboxylic acids is 2. The van der Waals surface area contributed by atoms with E-state index in [0.29, 0.717) is 23.6 Å². The van der Waals surface area contributed by atoms with Crippen LogP contribution in [0.1, 0.15) is 29.8 Å². The highest BCUT2D eigenvalue weighted by Gasteiger charge is 2.24. The highest BCUT2D eigenvalue weighted by Crippen LogP contribution is 2.27. The molecule has 0 aliphatic carbocycles. The van der Waals surface area contributed by atoms with Gasteiger partial charge in [0.15, 0.2) is 11.5 Å². The van der Waals surface area contributed by atoms with E-state index in [0.717, 1.165) is 5.56 Å². The fourth-order valence-electron chi connectivity index (χ4n) is 2.64. The summed E-state index contributed by atoms with van der Waals surface area (Å²) in [6.45, 7) is 4.11. The van der Waals surface area contributed by atoms with Gasteiger partial charge in [0.25, 0.3) is 5.91 Å². The van der Waals surface area contributed by atoms with Gasteiger partial charge in [-0.3, -0.25) is 9.59 Å². The van der Waals surface area contributed by atoms with Crippen LogP contribution in [0.4, 0.5) is 0 Å². The second-order valence-corrected chi connectivity index (χ2v) is 6.47. The average molecular weight is 370 g/mol. The van der Waals surface area contributed by atoms with E-state index >= 15 is 0 Å². The minimum atomic E-state index is -0.627. The van der Waals surface area contributed by atoms with Gasteiger partial charge in [-0.25, -0.2) is 0 Å². The number of nitrogens with one attached hydrogen (secondary N) is 2. The molecule has 2 aromatic rings. The van der Waals surface area contributed by atoms with Gasteiger partial charge in [0.1, 0.15) is 6.04 Å². The zero-order chi connectivity index (χ0) is 19.8. The molecule has 0 radical (unpaired) electrons.